The summed E-state index contributed by atoms with van der Waals surface area (Å²) in [6.45, 7) is 2.00. The van der Waals surface area contributed by atoms with Gasteiger partial charge in [-0.05, 0) is 49.3 Å². The molecule has 0 saturated heterocycles. The number of hydrogen-bond donors (Lipinski definition) is 0. The Hall–Kier alpha value is -2.14. The normalized spacial score (nSPS) is 19.3. The highest BCUT2D eigenvalue weighted by atomic mass is 19.3. The maximum atomic E-state index is 14.4. The molecule has 0 bridgehead atoms. The van der Waals surface area contributed by atoms with E-state index in [-0.39, 0.29) is 0 Å². The molecule has 2 aromatic rings. The van der Waals surface area contributed by atoms with Crippen LogP contribution in [0.25, 0.3) is 0 Å². The zero-order chi connectivity index (χ0) is 15.6. The average molecular weight is 296 g/mol. The van der Waals surface area contributed by atoms with Gasteiger partial charge >= 0.3 is 5.92 Å². The minimum Gasteiger partial charge on any atom is -0.192 e. The molecule has 0 aromatic heterocycles. The van der Waals surface area contributed by atoms with Gasteiger partial charge in [0.2, 0.25) is 0 Å². The summed E-state index contributed by atoms with van der Waals surface area (Å²) in [6, 6.07) is 15.4. The Morgan fingerprint density at radius 1 is 1.09 bits per heavy atom. The lowest BCUT2D eigenvalue weighted by molar-refractivity contribution is -0.00273. The van der Waals surface area contributed by atoms with E-state index in [1.165, 1.54) is 0 Å². The summed E-state index contributed by atoms with van der Waals surface area (Å²) in [5.41, 5.74) is 3.89. The standard InChI is InChI=1S/C20H18F2/c1-15-6-8-16(9-7-15)14-19-11-10-17-4-2-3-5-18(17)12-13-20(19,21)22/h2-9,19H,10-11,14H2,1H3. The van der Waals surface area contributed by atoms with Crippen molar-refractivity contribution in [2.75, 3.05) is 0 Å². The number of hydrogen-bond acceptors (Lipinski definition) is 0. The molecular weight excluding hydrogens is 278 g/mol. The van der Waals surface area contributed by atoms with E-state index < -0.39 is 11.8 Å². The molecule has 0 saturated carbocycles. The highest BCUT2D eigenvalue weighted by Crippen LogP contribution is 2.33. The Kier molecular flexibility index (Phi) is 3.98. The van der Waals surface area contributed by atoms with E-state index in [4.69, 9.17) is 0 Å². The SMILES string of the molecule is Cc1ccc(CC2CCc3ccccc3C#CC2(F)F)cc1. The highest BCUT2D eigenvalue weighted by Gasteiger charge is 2.38. The Balaban J connectivity index is 1.87. The van der Waals surface area contributed by atoms with Gasteiger partial charge in [-0.1, -0.05) is 53.9 Å². The first-order valence-electron chi connectivity index (χ1n) is 7.59. The van der Waals surface area contributed by atoms with E-state index in [0.29, 0.717) is 19.3 Å². The molecule has 22 heavy (non-hydrogen) atoms. The summed E-state index contributed by atoms with van der Waals surface area (Å²) in [6.07, 6.45) is 1.47. The van der Waals surface area contributed by atoms with Crippen LogP contribution in [0.3, 0.4) is 0 Å². The molecule has 0 fully saturated rings. The summed E-state index contributed by atoms with van der Waals surface area (Å²) in [7, 11) is 0. The van der Waals surface area contributed by atoms with Gasteiger partial charge in [0.1, 0.15) is 0 Å². The zero-order valence-corrected chi connectivity index (χ0v) is 12.6. The van der Waals surface area contributed by atoms with E-state index in [2.05, 4.69) is 11.8 Å². The van der Waals surface area contributed by atoms with E-state index >= 15 is 0 Å². The molecule has 0 spiro atoms. The summed E-state index contributed by atoms with van der Waals surface area (Å²) >= 11 is 0. The largest absolute Gasteiger partial charge is 0.311 e. The van der Waals surface area contributed by atoms with Gasteiger partial charge in [-0.3, -0.25) is 0 Å². The maximum absolute atomic E-state index is 14.4. The number of rotatable bonds is 2. The van der Waals surface area contributed by atoms with Gasteiger partial charge in [0.05, 0.1) is 0 Å². The molecule has 2 aromatic carbocycles. The van der Waals surface area contributed by atoms with E-state index in [9.17, 15) is 8.78 Å². The number of halogens is 2. The van der Waals surface area contributed by atoms with Gasteiger partial charge in [-0.15, -0.1) is 0 Å². The fourth-order valence-electron chi connectivity index (χ4n) is 2.86. The lowest BCUT2D eigenvalue weighted by atomic mass is 9.85. The third kappa shape index (κ3) is 3.20. The molecule has 0 aliphatic heterocycles. The molecule has 1 atom stereocenters. The van der Waals surface area contributed by atoms with Crippen LogP contribution in [-0.4, -0.2) is 5.92 Å². The minimum atomic E-state index is -2.95. The third-order valence-corrected chi connectivity index (χ3v) is 4.26. The molecule has 3 rings (SSSR count). The van der Waals surface area contributed by atoms with Crippen LogP contribution in [0, 0.1) is 24.7 Å². The first-order valence-corrected chi connectivity index (χ1v) is 7.59. The van der Waals surface area contributed by atoms with E-state index in [1.54, 1.807) is 0 Å². The van der Waals surface area contributed by atoms with Gasteiger partial charge < -0.3 is 0 Å². The quantitative estimate of drug-likeness (QED) is 0.699. The van der Waals surface area contributed by atoms with Crippen LogP contribution in [0.15, 0.2) is 48.5 Å². The van der Waals surface area contributed by atoms with Crippen LogP contribution in [0.4, 0.5) is 8.78 Å². The van der Waals surface area contributed by atoms with Crippen LogP contribution < -0.4 is 0 Å². The second kappa shape index (κ2) is 5.93. The maximum Gasteiger partial charge on any atom is 0.311 e. The molecule has 0 radical (unpaired) electrons. The lowest BCUT2D eigenvalue weighted by Crippen LogP contribution is -2.30. The van der Waals surface area contributed by atoms with Crippen molar-refractivity contribution in [1.82, 2.24) is 0 Å². The Labute approximate surface area is 130 Å². The minimum absolute atomic E-state index is 0.365. The van der Waals surface area contributed by atoms with E-state index in [0.717, 1.165) is 22.3 Å². The second-order valence-electron chi connectivity index (χ2n) is 5.96. The van der Waals surface area contributed by atoms with Gasteiger partial charge in [-0.2, -0.15) is 8.78 Å². The number of aryl methyl sites for hydroxylation is 2. The molecule has 1 aliphatic carbocycles. The number of benzene rings is 2. The van der Waals surface area contributed by atoms with Crippen LogP contribution in [0.1, 0.15) is 28.7 Å². The van der Waals surface area contributed by atoms with Crippen molar-refractivity contribution < 1.29 is 8.78 Å². The molecular formula is C20H18F2. The predicted octanol–water partition coefficient (Wildman–Crippen LogP) is 4.79. The highest BCUT2D eigenvalue weighted by molar-refractivity contribution is 5.43. The third-order valence-electron chi connectivity index (χ3n) is 4.26. The Bertz CT molecular complexity index is 717. The molecule has 0 heterocycles. The van der Waals surface area contributed by atoms with Crippen molar-refractivity contribution in [2.45, 2.75) is 32.1 Å². The molecule has 1 aliphatic rings. The summed E-state index contributed by atoms with van der Waals surface area (Å²) in [5.74, 6) is 1.21. The second-order valence-corrected chi connectivity index (χ2v) is 5.96. The fourth-order valence-corrected chi connectivity index (χ4v) is 2.86. The molecule has 1 unspecified atom stereocenters. The van der Waals surface area contributed by atoms with Gasteiger partial charge in [0.25, 0.3) is 0 Å². The van der Waals surface area contributed by atoms with Crippen molar-refractivity contribution in [3.63, 3.8) is 0 Å². The monoisotopic (exact) mass is 296 g/mol. The Morgan fingerprint density at radius 2 is 1.82 bits per heavy atom. The predicted molar refractivity (Wildman–Crippen MR) is 85.0 cm³/mol. The topological polar surface area (TPSA) is 0 Å². The smallest absolute Gasteiger partial charge is 0.192 e. The number of alkyl halides is 2. The van der Waals surface area contributed by atoms with Crippen molar-refractivity contribution in [3.05, 3.63) is 70.8 Å². The van der Waals surface area contributed by atoms with Crippen LogP contribution in [-0.2, 0) is 12.8 Å². The Morgan fingerprint density at radius 3 is 2.59 bits per heavy atom. The lowest BCUT2D eigenvalue weighted by Gasteiger charge is -2.24. The fraction of sp³-hybridized carbons (Fsp3) is 0.300. The summed E-state index contributed by atoms with van der Waals surface area (Å²) in [5, 5.41) is 0. The first-order chi connectivity index (χ1) is 10.5. The summed E-state index contributed by atoms with van der Waals surface area (Å²) < 4.78 is 28.8. The van der Waals surface area contributed by atoms with Gasteiger partial charge in [0.15, 0.2) is 0 Å². The molecule has 0 nitrogen and oxygen atoms in total. The van der Waals surface area contributed by atoms with Crippen molar-refractivity contribution >= 4 is 0 Å². The zero-order valence-electron chi connectivity index (χ0n) is 12.6. The van der Waals surface area contributed by atoms with Gasteiger partial charge in [-0.25, -0.2) is 0 Å². The number of fused-ring (bicyclic) bond motifs is 1. The van der Waals surface area contributed by atoms with Crippen molar-refractivity contribution in [1.29, 1.82) is 0 Å². The molecule has 0 N–H and O–H groups in total. The van der Waals surface area contributed by atoms with Crippen LogP contribution in [0.2, 0.25) is 0 Å². The van der Waals surface area contributed by atoms with Crippen molar-refractivity contribution in [3.8, 4) is 11.8 Å². The summed E-state index contributed by atoms with van der Waals surface area (Å²) in [4.78, 5) is 0. The van der Waals surface area contributed by atoms with Crippen LogP contribution >= 0.6 is 0 Å². The van der Waals surface area contributed by atoms with Crippen molar-refractivity contribution in [2.24, 2.45) is 5.92 Å². The molecule has 2 heteroatoms. The molecule has 112 valence electrons. The van der Waals surface area contributed by atoms with Gasteiger partial charge in [0, 0.05) is 11.5 Å². The molecule has 0 amide bonds. The van der Waals surface area contributed by atoms with E-state index in [1.807, 2.05) is 55.5 Å². The first kappa shape index (κ1) is 14.8. The average Bonchev–Trinajstić information content (AvgIpc) is 2.51. The van der Waals surface area contributed by atoms with Crippen LogP contribution in [0.5, 0.6) is 0 Å².